The number of nitrogens with two attached hydrogens (primary N) is 1. The molecule has 3 unspecified atom stereocenters. The summed E-state index contributed by atoms with van der Waals surface area (Å²) >= 11 is 6.03. The summed E-state index contributed by atoms with van der Waals surface area (Å²) in [5.41, 5.74) is 7.42. The Morgan fingerprint density at radius 1 is 1.56 bits per heavy atom. The Morgan fingerprint density at radius 2 is 2.33 bits per heavy atom. The van der Waals surface area contributed by atoms with Crippen molar-refractivity contribution in [2.75, 3.05) is 13.7 Å². The van der Waals surface area contributed by atoms with Gasteiger partial charge in [0.2, 0.25) is 0 Å². The Hall–Kier alpha value is -0.770. The van der Waals surface area contributed by atoms with Crippen LogP contribution in [0.25, 0.3) is 0 Å². The number of hydrogen-bond donors (Lipinski definition) is 1. The van der Waals surface area contributed by atoms with E-state index < -0.39 is 0 Å². The Labute approximate surface area is 113 Å². The minimum atomic E-state index is -0.0244. The Bertz CT molecular complexity index is 411. The zero-order chi connectivity index (χ0) is 13.1. The minimum Gasteiger partial charge on any atom is -0.495 e. The lowest BCUT2D eigenvalue weighted by Gasteiger charge is -2.24. The van der Waals surface area contributed by atoms with Gasteiger partial charge in [0.1, 0.15) is 5.75 Å². The fourth-order valence-electron chi connectivity index (χ4n) is 2.63. The van der Waals surface area contributed by atoms with E-state index in [4.69, 9.17) is 26.8 Å². The molecule has 1 saturated heterocycles. The molecule has 1 aliphatic heterocycles. The number of methoxy groups -OCH3 is 1. The fourth-order valence-corrected chi connectivity index (χ4v) is 2.82. The molecule has 3 atom stereocenters. The van der Waals surface area contributed by atoms with E-state index in [2.05, 4.69) is 6.92 Å². The largest absolute Gasteiger partial charge is 0.495 e. The number of halogens is 1. The highest BCUT2D eigenvalue weighted by Gasteiger charge is 2.32. The molecule has 1 heterocycles. The van der Waals surface area contributed by atoms with Gasteiger partial charge in [-0.25, -0.2) is 0 Å². The third-order valence-electron chi connectivity index (χ3n) is 3.68. The molecule has 100 valence electrons. The summed E-state index contributed by atoms with van der Waals surface area (Å²) in [6, 6.07) is 5.72. The van der Waals surface area contributed by atoms with E-state index >= 15 is 0 Å². The lowest BCUT2D eigenvalue weighted by Crippen LogP contribution is -2.28. The molecule has 1 aliphatic rings. The van der Waals surface area contributed by atoms with E-state index in [-0.39, 0.29) is 12.1 Å². The van der Waals surface area contributed by atoms with Crippen molar-refractivity contribution >= 4 is 11.6 Å². The van der Waals surface area contributed by atoms with Crippen LogP contribution in [-0.2, 0) is 4.74 Å². The standard InChI is InChI=1S/C14H20ClNO2/c1-3-12-10(6-7-18-12)14(16)9-4-5-11(15)13(8-9)17-2/h4-5,8,10,12,14H,3,6-7,16H2,1-2H3. The summed E-state index contributed by atoms with van der Waals surface area (Å²) in [7, 11) is 1.62. The predicted molar refractivity (Wildman–Crippen MR) is 73.1 cm³/mol. The number of hydrogen-bond acceptors (Lipinski definition) is 3. The maximum absolute atomic E-state index is 6.36. The third-order valence-corrected chi connectivity index (χ3v) is 4.00. The molecule has 3 nitrogen and oxygen atoms in total. The van der Waals surface area contributed by atoms with Crippen LogP contribution < -0.4 is 10.5 Å². The van der Waals surface area contributed by atoms with Crippen LogP contribution in [0, 0.1) is 5.92 Å². The predicted octanol–water partition coefficient (Wildman–Crippen LogP) is 3.16. The second-order valence-electron chi connectivity index (χ2n) is 4.69. The summed E-state index contributed by atoms with van der Waals surface area (Å²) in [5, 5.41) is 0.614. The maximum Gasteiger partial charge on any atom is 0.137 e. The van der Waals surface area contributed by atoms with Crippen LogP contribution in [0.3, 0.4) is 0 Å². The van der Waals surface area contributed by atoms with Gasteiger partial charge in [0.15, 0.2) is 0 Å². The molecule has 2 N–H and O–H groups in total. The number of ether oxygens (including phenoxy) is 2. The lowest BCUT2D eigenvalue weighted by atomic mass is 9.87. The van der Waals surface area contributed by atoms with Gasteiger partial charge in [-0.3, -0.25) is 0 Å². The van der Waals surface area contributed by atoms with Crippen LogP contribution in [0.5, 0.6) is 5.75 Å². The average Bonchev–Trinajstić information content (AvgIpc) is 2.86. The zero-order valence-corrected chi connectivity index (χ0v) is 11.6. The SMILES string of the molecule is CCC1OCCC1C(N)c1ccc(Cl)c(OC)c1. The average molecular weight is 270 g/mol. The van der Waals surface area contributed by atoms with Crippen LogP contribution in [0.4, 0.5) is 0 Å². The first-order chi connectivity index (χ1) is 8.67. The molecule has 1 aromatic rings. The summed E-state index contributed by atoms with van der Waals surface area (Å²) in [6.07, 6.45) is 2.29. The van der Waals surface area contributed by atoms with E-state index in [0.29, 0.717) is 16.7 Å². The molecule has 18 heavy (non-hydrogen) atoms. The maximum atomic E-state index is 6.36. The van der Waals surface area contributed by atoms with Crippen molar-refractivity contribution in [3.8, 4) is 5.75 Å². The van der Waals surface area contributed by atoms with Crippen molar-refractivity contribution in [2.45, 2.75) is 31.9 Å². The van der Waals surface area contributed by atoms with Crippen molar-refractivity contribution in [1.82, 2.24) is 0 Å². The molecule has 1 aromatic carbocycles. The molecule has 4 heteroatoms. The second-order valence-corrected chi connectivity index (χ2v) is 5.10. The van der Waals surface area contributed by atoms with Gasteiger partial charge in [0, 0.05) is 18.6 Å². The molecule has 2 rings (SSSR count). The van der Waals surface area contributed by atoms with Crippen LogP contribution in [-0.4, -0.2) is 19.8 Å². The molecule has 0 radical (unpaired) electrons. The molecular formula is C14H20ClNO2. The second kappa shape index (κ2) is 5.91. The molecule has 0 spiro atoms. The van der Waals surface area contributed by atoms with Gasteiger partial charge >= 0.3 is 0 Å². The lowest BCUT2D eigenvalue weighted by molar-refractivity contribution is 0.0813. The molecule has 0 saturated carbocycles. The molecule has 0 bridgehead atoms. The van der Waals surface area contributed by atoms with Crippen LogP contribution in [0.1, 0.15) is 31.4 Å². The Kier molecular flexibility index (Phi) is 4.49. The smallest absolute Gasteiger partial charge is 0.137 e. The van der Waals surface area contributed by atoms with Gasteiger partial charge in [0.05, 0.1) is 18.2 Å². The number of benzene rings is 1. The highest BCUT2D eigenvalue weighted by Crippen LogP contribution is 2.35. The quantitative estimate of drug-likeness (QED) is 0.913. The normalized spacial score (nSPS) is 25.1. The first-order valence-electron chi connectivity index (χ1n) is 6.38. The summed E-state index contributed by atoms with van der Waals surface area (Å²) < 4.78 is 10.9. The van der Waals surface area contributed by atoms with Gasteiger partial charge in [0.25, 0.3) is 0 Å². The summed E-state index contributed by atoms with van der Waals surface area (Å²) in [6.45, 7) is 2.94. The van der Waals surface area contributed by atoms with Gasteiger partial charge < -0.3 is 15.2 Å². The van der Waals surface area contributed by atoms with Gasteiger partial charge in [-0.2, -0.15) is 0 Å². The first kappa shape index (κ1) is 13.7. The Morgan fingerprint density at radius 3 is 3.00 bits per heavy atom. The zero-order valence-electron chi connectivity index (χ0n) is 10.9. The topological polar surface area (TPSA) is 44.5 Å². The fraction of sp³-hybridized carbons (Fsp3) is 0.571. The summed E-state index contributed by atoms with van der Waals surface area (Å²) in [4.78, 5) is 0. The van der Waals surface area contributed by atoms with Gasteiger partial charge in [-0.05, 0) is 30.5 Å². The van der Waals surface area contributed by atoms with E-state index in [1.165, 1.54) is 0 Å². The minimum absolute atomic E-state index is 0.0244. The molecule has 1 fully saturated rings. The Balaban J connectivity index is 2.20. The molecular weight excluding hydrogens is 250 g/mol. The van der Waals surface area contributed by atoms with Crippen LogP contribution in [0.2, 0.25) is 5.02 Å². The van der Waals surface area contributed by atoms with Crippen molar-refractivity contribution < 1.29 is 9.47 Å². The van der Waals surface area contributed by atoms with E-state index in [9.17, 15) is 0 Å². The highest BCUT2D eigenvalue weighted by molar-refractivity contribution is 6.32. The monoisotopic (exact) mass is 269 g/mol. The van der Waals surface area contributed by atoms with Crippen LogP contribution >= 0.6 is 11.6 Å². The van der Waals surface area contributed by atoms with E-state index in [1.54, 1.807) is 7.11 Å². The van der Waals surface area contributed by atoms with Gasteiger partial charge in [-0.15, -0.1) is 0 Å². The van der Waals surface area contributed by atoms with Crippen LogP contribution in [0.15, 0.2) is 18.2 Å². The molecule has 0 aromatic heterocycles. The highest BCUT2D eigenvalue weighted by atomic mass is 35.5. The van der Waals surface area contributed by atoms with Crippen molar-refractivity contribution in [3.05, 3.63) is 28.8 Å². The van der Waals surface area contributed by atoms with Crippen molar-refractivity contribution in [3.63, 3.8) is 0 Å². The molecule has 0 amide bonds. The molecule has 0 aliphatic carbocycles. The van der Waals surface area contributed by atoms with E-state index in [1.807, 2.05) is 18.2 Å². The van der Waals surface area contributed by atoms with E-state index in [0.717, 1.165) is 25.0 Å². The van der Waals surface area contributed by atoms with Crippen molar-refractivity contribution in [1.29, 1.82) is 0 Å². The number of rotatable bonds is 4. The van der Waals surface area contributed by atoms with Crippen molar-refractivity contribution in [2.24, 2.45) is 11.7 Å². The van der Waals surface area contributed by atoms with Gasteiger partial charge in [-0.1, -0.05) is 24.6 Å². The summed E-state index contributed by atoms with van der Waals surface area (Å²) in [5.74, 6) is 1.05. The first-order valence-corrected chi connectivity index (χ1v) is 6.75. The third kappa shape index (κ3) is 2.63.